The van der Waals surface area contributed by atoms with Gasteiger partial charge in [0.15, 0.2) is 0 Å². The van der Waals surface area contributed by atoms with Gasteiger partial charge in [0.2, 0.25) is 0 Å². The van der Waals surface area contributed by atoms with Gasteiger partial charge in [-0.25, -0.2) is 10.3 Å². The van der Waals surface area contributed by atoms with Gasteiger partial charge in [-0.1, -0.05) is 0 Å². The van der Waals surface area contributed by atoms with E-state index in [0.29, 0.717) is 0 Å². The minimum atomic E-state index is -1.10. The normalized spacial score (nSPS) is 12.8. The fourth-order valence-corrected chi connectivity index (χ4v) is 0.816. The fourth-order valence-electron chi connectivity index (χ4n) is 0.816. The number of amides is 2. The molecule has 0 heterocycles. The lowest BCUT2D eigenvalue weighted by atomic mass is 10.2. The van der Waals surface area contributed by atoms with Crippen molar-refractivity contribution in [2.45, 2.75) is 32.4 Å². The molecule has 1 atom stereocenters. The number of carbonyl (C=O) groups is 2. The van der Waals surface area contributed by atoms with Crippen LogP contribution in [0.15, 0.2) is 0 Å². The summed E-state index contributed by atoms with van der Waals surface area (Å²) in [6.45, 7) is 4.52. The van der Waals surface area contributed by atoms with Crippen LogP contribution in [0.1, 0.15) is 20.8 Å². The average Bonchev–Trinajstić information content (AvgIpc) is 2.11. The van der Waals surface area contributed by atoms with E-state index in [2.05, 4.69) is 10.2 Å². The van der Waals surface area contributed by atoms with Crippen molar-refractivity contribution in [3.05, 3.63) is 0 Å². The highest BCUT2D eigenvalue weighted by molar-refractivity contribution is 5.85. The minimum Gasteiger partial charge on any atom is -0.444 e. The van der Waals surface area contributed by atoms with Crippen LogP contribution in [0.3, 0.4) is 0 Å². The molecule has 0 aliphatic carbocycles. The quantitative estimate of drug-likeness (QED) is 0.572. The van der Waals surface area contributed by atoms with Gasteiger partial charge >= 0.3 is 6.09 Å². The molecule has 0 radical (unpaired) electrons. The smallest absolute Gasteiger partial charge is 0.408 e. The van der Waals surface area contributed by atoms with Crippen LogP contribution in [0, 0.1) is 0 Å². The number of hydrogen-bond acceptors (Lipinski definition) is 5. The molecule has 7 nitrogen and oxygen atoms in total. The second-order valence-corrected chi connectivity index (χ2v) is 4.05. The van der Waals surface area contributed by atoms with Crippen molar-refractivity contribution in [3.63, 3.8) is 0 Å². The number of aliphatic hydroxyl groups is 1. The van der Waals surface area contributed by atoms with Gasteiger partial charge in [-0.15, -0.1) is 0 Å². The summed E-state index contributed by atoms with van der Waals surface area (Å²) in [5.74, 6) is -0.657. The molecule has 2 amide bonds. The van der Waals surface area contributed by atoms with E-state index in [0.717, 1.165) is 0 Å². The number of ether oxygens (including phenoxy) is 1. The molecule has 94 valence electrons. The first-order valence-corrected chi connectivity index (χ1v) is 4.73. The van der Waals surface area contributed by atoms with Crippen LogP contribution in [0.4, 0.5) is 4.79 Å². The summed E-state index contributed by atoms with van der Waals surface area (Å²) in [5, 5.41) is 11.1. The van der Waals surface area contributed by atoms with Crippen molar-refractivity contribution < 1.29 is 24.3 Å². The highest BCUT2D eigenvalue weighted by atomic mass is 16.6. The molecule has 0 spiro atoms. The Morgan fingerprint density at radius 1 is 1.38 bits per heavy atom. The Bertz CT molecular complexity index is 249. The average molecular weight is 234 g/mol. The molecular weight excluding hydrogens is 216 g/mol. The van der Waals surface area contributed by atoms with E-state index in [9.17, 15) is 9.59 Å². The summed E-state index contributed by atoms with van der Waals surface area (Å²) in [4.78, 5) is 26.8. The zero-order chi connectivity index (χ0) is 12.8. The van der Waals surface area contributed by atoms with E-state index in [1.54, 1.807) is 20.8 Å². The van der Waals surface area contributed by atoms with E-state index in [1.165, 1.54) is 7.11 Å². The lowest BCUT2D eigenvalue weighted by Crippen LogP contribution is -2.49. The van der Waals surface area contributed by atoms with Gasteiger partial charge in [-0.3, -0.25) is 9.63 Å². The number of hydroxylamine groups is 1. The van der Waals surface area contributed by atoms with Gasteiger partial charge in [0.1, 0.15) is 11.6 Å². The Kier molecular flexibility index (Phi) is 5.76. The molecule has 0 aromatic carbocycles. The first-order valence-electron chi connectivity index (χ1n) is 4.73. The number of alkyl carbamates (subject to hydrolysis) is 1. The third kappa shape index (κ3) is 6.20. The SMILES string of the molecule is CONC(=O)[C@H](CO)NC(=O)OC(C)(C)C. The van der Waals surface area contributed by atoms with Crippen molar-refractivity contribution in [2.75, 3.05) is 13.7 Å². The number of aliphatic hydroxyl groups excluding tert-OH is 1. The minimum absolute atomic E-state index is 0.547. The van der Waals surface area contributed by atoms with Gasteiger partial charge in [-0.2, -0.15) is 0 Å². The zero-order valence-corrected chi connectivity index (χ0v) is 9.86. The molecule has 0 rings (SSSR count). The first-order chi connectivity index (χ1) is 7.30. The molecule has 7 heteroatoms. The summed E-state index contributed by atoms with van der Waals surface area (Å²) >= 11 is 0. The molecule has 0 aromatic heterocycles. The maximum atomic E-state index is 11.3. The summed E-state index contributed by atoms with van der Waals surface area (Å²) in [7, 11) is 1.25. The maximum Gasteiger partial charge on any atom is 0.408 e. The third-order valence-electron chi connectivity index (χ3n) is 1.39. The van der Waals surface area contributed by atoms with Crippen LogP contribution in [0.5, 0.6) is 0 Å². The lowest BCUT2D eigenvalue weighted by Gasteiger charge is -2.22. The summed E-state index contributed by atoms with van der Waals surface area (Å²) < 4.78 is 4.92. The lowest BCUT2D eigenvalue weighted by molar-refractivity contribution is -0.134. The number of carbonyl (C=O) groups excluding carboxylic acids is 2. The molecule has 0 saturated carbocycles. The molecule has 0 aliphatic heterocycles. The highest BCUT2D eigenvalue weighted by Crippen LogP contribution is 2.06. The van der Waals surface area contributed by atoms with Crippen LogP contribution < -0.4 is 10.8 Å². The summed E-state index contributed by atoms with van der Waals surface area (Å²) in [5.41, 5.74) is 1.33. The van der Waals surface area contributed by atoms with Crippen LogP contribution >= 0.6 is 0 Å². The fraction of sp³-hybridized carbons (Fsp3) is 0.778. The molecule has 0 aromatic rings. The Balaban J connectivity index is 4.22. The van der Waals surface area contributed by atoms with E-state index in [4.69, 9.17) is 9.84 Å². The van der Waals surface area contributed by atoms with Crippen LogP contribution in [-0.4, -0.2) is 42.5 Å². The van der Waals surface area contributed by atoms with Crippen LogP contribution in [0.2, 0.25) is 0 Å². The maximum absolute atomic E-state index is 11.3. The predicted molar refractivity (Wildman–Crippen MR) is 55.4 cm³/mol. The predicted octanol–water partition coefficient (Wildman–Crippen LogP) is -0.450. The van der Waals surface area contributed by atoms with Gasteiger partial charge in [0, 0.05) is 0 Å². The molecule has 0 fully saturated rings. The zero-order valence-electron chi connectivity index (χ0n) is 9.86. The largest absolute Gasteiger partial charge is 0.444 e. The summed E-state index contributed by atoms with van der Waals surface area (Å²) in [6, 6.07) is -1.10. The van der Waals surface area contributed by atoms with Crippen molar-refractivity contribution in [2.24, 2.45) is 0 Å². The van der Waals surface area contributed by atoms with Gasteiger partial charge in [0.25, 0.3) is 5.91 Å². The van der Waals surface area contributed by atoms with Gasteiger partial charge < -0.3 is 15.2 Å². The van der Waals surface area contributed by atoms with Crippen molar-refractivity contribution in [1.82, 2.24) is 10.8 Å². The van der Waals surface area contributed by atoms with E-state index in [-0.39, 0.29) is 0 Å². The van der Waals surface area contributed by atoms with Gasteiger partial charge in [-0.05, 0) is 20.8 Å². The van der Waals surface area contributed by atoms with E-state index < -0.39 is 30.3 Å². The second kappa shape index (κ2) is 6.29. The molecule has 3 N–H and O–H groups in total. The Hall–Kier alpha value is -1.34. The van der Waals surface area contributed by atoms with Crippen LogP contribution in [0.25, 0.3) is 0 Å². The standard InChI is InChI=1S/C9H18N2O5/c1-9(2,3)16-8(14)10-6(5-12)7(13)11-15-4/h6,12H,5H2,1-4H3,(H,10,14)(H,11,13)/t6-/m0/s1. The molecule has 0 bridgehead atoms. The Labute approximate surface area is 94.1 Å². The van der Waals surface area contributed by atoms with Crippen LogP contribution in [-0.2, 0) is 14.4 Å². The van der Waals surface area contributed by atoms with Gasteiger partial charge in [0.05, 0.1) is 13.7 Å². The number of rotatable bonds is 4. The number of hydrogen-bond donors (Lipinski definition) is 3. The Morgan fingerprint density at radius 3 is 2.31 bits per heavy atom. The number of nitrogens with one attached hydrogen (secondary N) is 2. The molecule has 0 unspecified atom stereocenters. The van der Waals surface area contributed by atoms with E-state index >= 15 is 0 Å². The molecular formula is C9H18N2O5. The molecule has 0 saturated heterocycles. The topological polar surface area (TPSA) is 96.9 Å². The molecule has 0 aliphatic rings. The van der Waals surface area contributed by atoms with Crippen molar-refractivity contribution >= 4 is 12.0 Å². The monoisotopic (exact) mass is 234 g/mol. The second-order valence-electron chi connectivity index (χ2n) is 4.05. The third-order valence-corrected chi connectivity index (χ3v) is 1.39. The first kappa shape index (κ1) is 14.7. The van der Waals surface area contributed by atoms with E-state index in [1.807, 2.05) is 5.48 Å². The van der Waals surface area contributed by atoms with Crippen molar-refractivity contribution in [1.29, 1.82) is 0 Å². The highest BCUT2D eigenvalue weighted by Gasteiger charge is 2.23. The Morgan fingerprint density at radius 2 is 1.94 bits per heavy atom. The summed E-state index contributed by atoms with van der Waals surface area (Å²) in [6.07, 6.45) is -0.780. The van der Waals surface area contributed by atoms with Crippen molar-refractivity contribution in [3.8, 4) is 0 Å². The molecule has 16 heavy (non-hydrogen) atoms.